The van der Waals surface area contributed by atoms with Crippen molar-refractivity contribution in [3.8, 4) is 0 Å². The van der Waals surface area contributed by atoms with Crippen molar-refractivity contribution in [2.24, 2.45) is 0 Å². The lowest BCUT2D eigenvalue weighted by Crippen LogP contribution is -2.41. The Morgan fingerprint density at radius 3 is 2.15 bits per heavy atom. The standard InChI is InChI=1S/C10H16N2O6S2/c1-6(14)11-8(10(16)17)3-19-20-4-9(18-5-13)12-7(2)15/h5,8-9H,3-4H2,1-2H3,(H,11,14)(H,12,15)(H,16,17). The van der Waals surface area contributed by atoms with Crippen molar-refractivity contribution in [1.29, 1.82) is 0 Å². The smallest absolute Gasteiger partial charge is 0.327 e. The van der Waals surface area contributed by atoms with E-state index in [-0.39, 0.29) is 23.9 Å². The van der Waals surface area contributed by atoms with Crippen LogP contribution in [0.5, 0.6) is 0 Å². The van der Waals surface area contributed by atoms with Crippen LogP contribution in [-0.4, -0.2) is 53.1 Å². The van der Waals surface area contributed by atoms with Crippen LogP contribution in [-0.2, 0) is 23.9 Å². The van der Waals surface area contributed by atoms with Crippen molar-refractivity contribution in [2.45, 2.75) is 26.1 Å². The molecule has 0 spiro atoms. The van der Waals surface area contributed by atoms with Crippen molar-refractivity contribution in [3.05, 3.63) is 0 Å². The summed E-state index contributed by atoms with van der Waals surface area (Å²) in [4.78, 5) is 42.7. The van der Waals surface area contributed by atoms with Crippen molar-refractivity contribution < 1.29 is 29.0 Å². The molecule has 0 rings (SSSR count). The minimum atomic E-state index is -1.13. The fraction of sp³-hybridized carbons (Fsp3) is 0.600. The van der Waals surface area contributed by atoms with Crippen LogP contribution in [0.15, 0.2) is 0 Å². The van der Waals surface area contributed by atoms with Crippen LogP contribution in [0.3, 0.4) is 0 Å². The van der Waals surface area contributed by atoms with Crippen molar-refractivity contribution in [2.75, 3.05) is 11.5 Å². The van der Waals surface area contributed by atoms with Crippen molar-refractivity contribution in [1.82, 2.24) is 10.6 Å². The first-order valence-electron chi connectivity index (χ1n) is 5.47. The second kappa shape index (κ2) is 10.4. The molecule has 2 unspecified atom stereocenters. The lowest BCUT2D eigenvalue weighted by Gasteiger charge is -2.16. The molecule has 2 amide bonds. The molecule has 0 saturated carbocycles. The SMILES string of the molecule is CC(=O)NC(CSSCC(NC(C)=O)C(=O)O)OC=O. The van der Waals surface area contributed by atoms with Gasteiger partial charge in [-0.15, -0.1) is 0 Å². The Morgan fingerprint density at radius 1 is 1.15 bits per heavy atom. The number of nitrogens with one attached hydrogen (secondary N) is 2. The van der Waals surface area contributed by atoms with Crippen LogP contribution in [0.2, 0.25) is 0 Å². The average Bonchev–Trinajstić information content (AvgIpc) is 2.31. The number of amides is 2. The summed E-state index contributed by atoms with van der Waals surface area (Å²) in [6, 6.07) is -0.990. The van der Waals surface area contributed by atoms with Crippen LogP contribution in [0, 0.1) is 0 Å². The highest BCUT2D eigenvalue weighted by Crippen LogP contribution is 2.23. The fourth-order valence-electron chi connectivity index (χ4n) is 1.05. The van der Waals surface area contributed by atoms with Gasteiger partial charge in [-0.1, -0.05) is 21.6 Å². The highest BCUT2D eigenvalue weighted by Gasteiger charge is 2.19. The number of rotatable bonds is 10. The summed E-state index contributed by atoms with van der Waals surface area (Å²) in [5.41, 5.74) is 0. The Balaban J connectivity index is 4.06. The molecular formula is C10H16N2O6S2. The first kappa shape index (κ1) is 18.6. The van der Waals surface area contributed by atoms with Gasteiger partial charge in [-0.05, 0) is 0 Å². The van der Waals surface area contributed by atoms with Gasteiger partial charge in [0.2, 0.25) is 11.8 Å². The second-order valence-corrected chi connectivity index (χ2v) is 6.13. The van der Waals surface area contributed by atoms with Gasteiger partial charge in [0.15, 0.2) is 6.23 Å². The van der Waals surface area contributed by atoms with Gasteiger partial charge in [-0.2, -0.15) is 0 Å². The number of aliphatic carboxylic acids is 1. The predicted molar refractivity (Wildman–Crippen MR) is 74.9 cm³/mol. The average molecular weight is 324 g/mol. The first-order chi connectivity index (χ1) is 9.36. The molecule has 20 heavy (non-hydrogen) atoms. The van der Waals surface area contributed by atoms with Crippen LogP contribution in [0.1, 0.15) is 13.8 Å². The largest absolute Gasteiger partial charge is 0.480 e. The molecule has 114 valence electrons. The maximum atomic E-state index is 10.8. The molecule has 2 atom stereocenters. The van der Waals surface area contributed by atoms with E-state index >= 15 is 0 Å². The summed E-state index contributed by atoms with van der Waals surface area (Å²) < 4.78 is 4.64. The molecule has 10 heteroatoms. The first-order valence-corrected chi connectivity index (χ1v) is 7.96. The fourth-order valence-corrected chi connectivity index (χ4v) is 3.25. The van der Waals surface area contributed by atoms with Gasteiger partial charge in [-0.25, -0.2) is 4.79 Å². The van der Waals surface area contributed by atoms with Crippen LogP contribution < -0.4 is 10.6 Å². The molecule has 0 radical (unpaired) electrons. The summed E-state index contributed by atoms with van der Waals surface area (Å²) in [5, 5.41) is 13.6. The Bertz CT molecular complexity index is 366. The molecule has 0 aliphatic heterocycles. The van der Waals surface area contributed by atoms with E-state index in [2.05, 4.69) is 15.4 Å². The quantitative estimate of drug-likeness (QED) is 0.215. The molecule has 8 nitrogen and oxygen atoms in total. The van der Waals surface area contributed by atoms with Crippen LogP contribution in [0.25, 0.3) is 0 Å². The predicted octanol–water partition coefficient (Wildman–Crippen LogP) is -0.408. The monoisotopic (exact) mass is 324 g/mol. The molecular weight excluding hydrogens is 308 g/mol. The van der Waals surface area contributed by atoms with E-state index in [1.165, 1.54) is 35.4 Å². The third-order valence-corrected chi connectivity index (χ3v) is 4.19. The molecule has 0 fully saturated rings. The number of carbonyl (C=O) groups excluding carboxylic acids is 3. The van der Waals surface area contributed by atoms with E-state index in [1.54, 1.807) is 0 Å². The molecule has 0 heterocycles. The highest BCUT2D eigenvalue weighted by atomic mass is 33.1. The minimum absolute atomic E-state index is 0.146. The van der Waals surface area contributed by atoms with E-state index in [0.29, 0.717) is 0 Å². The van der Waals surface area contributed by atoms with Gasteiger partial charge < -0.3 is 20.5 Å². The van der Waals surface area contributed by atoms with Gasteiger partial charge in [-0.3, -0.25) is 14.4 Å². The van der Waals surface area contributed by atoms with E-state index in [4.69, 9.17) is 5.11 Å². The number of hydrogen-bond acceptors (Lipinski definition) is 7. The second-order valence-electron chi connectivity index (χ2n) is 3.58. The molecule has 0 aliphatic rings. The van der Waals surface area contributed by atoms with Crippen molar-refractivity contribution >= 4 is 45.8 Å². The molecule has 0 aromatic carbocycles. The molecule has 0 bridgehead atoms. The molecule has 3 N–H and O–H groups in total. The maximum absolute atomic E-state index is 10.8. The molecule has 0 saturated heterocycles. The Labute approximate surface area is 123 Å². The zero-order valence-corrected chi connectivity index (χ0v) is 12.6. The van der Waals surface area contributed by atoms with Gasteiger partial charge in [0, 0.05) is 19.6 Å². The summed E-state index contributed by atoms with van der Waals surface area (Å²) in [6.07, 6.45) is -0.772. The highest BCUT2D eigenvalue weighted by molar-refractivity contribution is 8.76. The Kier molecular flexibility index (Phi) is 9.64. The van der Waals surface area contributed by atoms with Crippen LogP contribution in [0.4, 0.5) is 0 Å². The summed E-state index contributed by atoms with van der Waals surface area (Å²) in [7, 11) is 2.41. The number of carbonyl (C=O) groups is 4. The maximum Gasteiger partial charge on any atom is 0.327 e. The number of hydrogen-bond donors (Lipinski definition) is 3. The topological polar surface area (TPSA) is 122 Å². The van der Waals surface area contributed by atoms with Gasteiger partial charge in [0.25, 0.3) is 6.47 Å². The number of carboxylic acid groups (broad SMARTS) is 1. The zero-order valence-electron chi connectivity index (χ0n) is 11.0. The molecule has 0 aromatic heterocycles. The third-order valence-electron chi connectivity index (χ3n) is 1.80. The lowest BCUT2D eigenvalue weighted by molar-refractivity contribution is -0.140. The molecule has 0 aliphatic carbocycles. The van der Waals surface area contributed by atoms with E-state index in [0.717, 1.165) is 0 Å². The third kappa shape index (κ3) is 9.50. The summed E-state index contributed by atoms with van der Waals surface area (Å²) in [6.45, 7) is 2.75. The van der Waals surface area contributed by atoms with E-state index < -0.39 is 24.1 Å². The summed E-state index contributed by atoms with van der Waals surface area (Å²) in [5.74, 6) is -1.49. The minimum Gasteiger partial charge on any atom is -0.480 e. The normalized spacial score (nSPS) is 12.9. The van der Waals surface area contributed by atoms with Gasteiger partial charge in [0.05, 0.1) is 5.75 Å². The zero-order chi connectivity index (χ0) is 15.5. The number of ether oxygens (including phenoxy) is 1. The lowest BCUT2D eigenvalue weighted by atomic mass is 10.3. The Hall–Kier alpha value is -1.42. The number of carboxylic acids is 1. The van der Waals surface area contributed by atoms with E-state index in [1.807, 2.05) is 0 Å². The van der Waals surface area contributed by atoms with Gasteiger partial charge >= 0.3 is 5.97 Å². The summed E-state index contributed by atoms with van der Waals surface area (Å²) >= 11 is 0. The van der Waals surface area contributed by atoms with Crippen LogP contribution >= 0.6 is 21.6 Å². The van der Waals surface area contributed by atoms with E-state index in [9.17, 15) is 19.2 Å². The van der Waals surface area contributed by atoms with Gasteiger partial charge in [0.1, 0.15) is 6.04 Å². The Morgan fingerprint density at radius 2 is 1.70 bits per heavy atom. The molecule has 0 aromatic rings. The van der Waals surface area contributed by atoms with Crippen molar-refractivity contribution in [3.63, 3.8) is 0 Å².